The number of rotatable bonds is 5. The highest BCUT2D eigenvalue weighted by molar-refractivity contribution is 5.71. The number of nitrogens with one attached hydrogen (secondary N) is 1. The molecule has 2 aromatic heterocycles. The van der Waals surface area contributed by atoms with E-state index in [1.807, 2.05) is 56.4 Å². The van der Waals surface area contributed by atoms with Crippen LogP contribution in [0, 0.1) is 0 Å². The summed E-state index contributed by atoms with van der Waals surface area (Å²) < 4.78 is 0. The molecule has 0 amide bonds. The molecule has 1 saturated carbocycles. The lowest BCUT2D eigenvalue weighted by Gasteiger charge is -2.32. The monoisotopic (exact) mass is 458 g/mol. The van der Waals surface area contributed by atoms with Crippen molar-refractivity contribution in [3.8, 4) is 11.3 Å². The standard InChI is InChI=1S/C27H34N6O/c1-27(2,34)22-17-19-9-6-16-33(25(19)32-24(22)18-7-4-3-5-8-18)23-14-15-29-26(31-23)30-21-12-10-20(28)11-13-21/h3-5,7-8,14-15,17,20-21,34H,6,9-13,16,28H2,1-2H3,(H,29,30,31)/t20-,21-. The summed E-state index contributed by atoms with van der Waals surface area (Å²) in [5.74, 6) is 2.40. The van der Waals surface area contributed by atoms with Crippen molar-refractivity contribution in [2.45, 2.75) is 70.1 Å². The van der Waals surface area contributed by atoms with E-state index in [-0.39, 0.29) is 0 Å². The quantitative estimate of drug-likeness (QED) is 0.516. The third-order valence-corrected chi connectivity index (χ3v) is 6.89. The van der Waals surface area contributed by atoms with Crippen LogP contribution < -0.4 is 16.0 Å². The van der Waals surface area contributed by atoms with Gasteiger partial charge in [-0.2, -0.15) is 4.98 Å². The van der Waals surface area contributed by atoms with Gasteiger partial charge >= 0.3 is 0 Å². The van der Waals surface area contributed by atoms with Crippen LogP contribution in [0.2, 0.25) is 0 Å². The molecule has 5 rings (SSSR count). The molecule has 2 aliphatic rings. The Morgan fingerprint density at radius 1 is 1.06 bits per heavy atom. The van der Waals surface area contributed by atoms with Crippen LogP contribution in [0.4, 0.5) is 17.6 Å². The highest BCUT2D eigenvalue weighted by Crippen LogP contribution is 2.38. The average Bonchev–Trinajstić information content (AvgIpc) is 2.84. The summed E-state index contributed by atoms with van der Waals surface area (Å²) in [4.78, 5) is 16.7. The van der Waals surface area contributed by atoms with Gasteiger partial charge in [0.25, 0.3) is 0 Å². The van der Waals surface area contributed by atoms with Crippen LogP contribution in [0.25, 0.3) is 11.3 Å². The van der Waals surface area contributed by atoms with Gasteiger partial charge in [0.1, 0.15) is 11.6 Å². The first kappa shape index (κ1) is 22.7. The maximum absolute atomic E-state index is 10.9. The van der Waals surface area contributed by atoms with Gasteiger partial charge in [-0.25, -0.2) is 9.97 Å². The normalized spacial score (nSPS) is 20.6. The van der Waals surface area contributed by atoms with E-state index in [2.05, 4.69) is 21.3 Å². The number of fused-ring (bicyclic) bond motifs is 1. The van der Waals surface area contributed by atoms with Gasteiger partial charge in [-0.05, 0) is 70.1 Å². The Hall–Kier alpha value is -3.03. The molecule has 0 saturated heterocycles. The first-order valence-electron chi connectivity index (χ1n) is 12.3. The van der Waals surface area contributed by atoms with Gasteiger partial charge in [0.05, 0.1) is 11.3 Å². The second-order valence-electron chi connectivity index (χ2n) is 10.0. The van der Waals surface area contributed by atoms with Crippen LogP contribution in [0.1, 0.15) is 57.1 Å². The SMILES string of the molecule is CC(C)(O)c1cc2c(nc1-c1ccccc1)N(c1ccnc(N[C@H]3CC[C@H](N)CC3)n1)CCC2. The van der Waals surface area contributed by atoms with E-state index in [9.17, 15) is 5.11 Å². The van der Waals surface area contributed by atoms with Crippen molar-refractivity contribution in [3.63, 3.8) is 0 Å². The largest absolute Gasteiger partial charge is 0.386 e. The number of nitrogens with two attached hydrogens (primary N) is 1. The Morgan fingerprint density at radius 2 is 1.82 bits per heavy atom. The Bertz CT molecular complexity index is 1140. The zero-order valence-electron chi connectivity index (χ0n) is 20.0. The maximum atomic E-state index is 10.9. The van der Waals surface area contributed by atoms with Gasteiger partial charge < -0.3 is 21.1 Å². The molecule has 0 radical (unpaired) electrons. The number of aryl methyl sites for hydroxylation is 1. The molecule has 7 heteroatoms. The van der Waals surface area contributed by atoms with Crippen LogP contribution in [-0.4, -0.2) is 38.7 Å². The molecule has 0 unspecified atom stereocenters. The van der Waals surface area contributed by atoms with Crippen molar-refractivity contribution in [2.24, 2.45) is 5.73 Å². The molecule has 3 aromatic rings. The van der Waals surface area contributed by atoms with Crippen LogP contribution in [0.5, 0.6) is 0 Å². The summed E-state index contributed by atoms with van der Waals surface area (Å²) in [5.41, 5.74) is 8.85. The third-order valence-electron chi connectivity index (χ3n) is 6.89. The number of aromatic nitrogens is 3. The summed E-state index contributed by atoms with van der Waals surface area (Å²) in [7, 11) is 0. The van der Waals surface area contributed by atoms with E-state index in [0.717, 1.165) is 79.1 Å². The molecule has 1 aromatic carbocycles. The molecule has 178 valence electrons. The van der Waals surface area contributed by atoms with Crippen LogP contribution in [-0.2, 0) is 12.0 Å². The Balaban J connectivity index is 1.50. The predicted molar refractivity (Wildman–Crippen MR) is 136 cm³/mol. The molecule has 0 spiro atoms. The summed E-state index contributed by atoms with van der Waals surface area (Å²) in [5, 5.41) is 14.4. The minimum absolute atomic E-state index is 0.314. The van der Waals surface area contributed by atoms with E-state index in [1.54, 1.807) is 0 Å². The first-order valence-corrected chi connectivity index (χ1v) is 12.3. The fraction of sp³-hybridized carbons (Fsp3) is 0.444. The molecule has 1 aliphatic carbocycles. The molecule has 4 N–H and O–H groups in total. The minimum atomic E-state index is -0.996. The average molecular weight is 459 g/mol. The zero-order chi connectivity index (χ0) is 23.7. The topological polar surface area (TPSA) is 100 Å². The number of aliphatic hydroxyl groups is 1. The summed E-state index contributed by atoms with van der Waals surface area (Å²) in [6, 6.07) is 14.8. The molecule has 0 bridgehead atoms. The Morgan fingerprint density at radius 3 is 2.56 bits per heavy atom. The smallest absolute Gasteiger partial charge is 0.224 e. The van der Waals surface area contributed by atoms with Crippen molar-refractivity contribution in [1.82, 2.24) is 15.0 Å². The van der Waals surface area contributed by atoms with Gasteiger partial charge in [0, 0.05) is 36.0 Å². The Labute approximate surface area is 201 Å². The molecular weight excluding hydrogens is 424 g/mol. The maximum Gasteiger partial charge on any atom is 0.224 e. The van der Waals surface area contributed by atoms with E-state index < -0.39 is 5.60 Å². The summed E-state index contributed by atoms with van der Waals surface area (Å²) in [6.07, 6.45) is 7.90. The van der Waals surface area contributed by atoms with Crippen molar-refractivity contribution in [2.75, 3.05) is 16.8 Å². The zero-order valence-corrected chi connectivity index (χ0v) is 20.0. The number of hydrogen-bond acceptors (Lipinski definition) is 7. The molecule has 3 heterocycles. The minimum Gasteiger partial charge on any atom is -0.386 e. The van der Waals surface area contributed by atoms with Gasteiger partial charge in [-0.1, -0.05) is 30.3 Å². The van der Waals surface area contributed by atoms with E-state index in [1.165, 1.54) is 0 Å². The van der Waals surface area contributed by atoms with Gasteiger partial charge in [0.2, 0.25) is 5.95 Å². The fourth-order valence-electron chi connectivity index (χ4n) is 5.02. The molecule has 1 fully saturated rings. The second-order valence-corrected chi connectivity index (χ2v) is 10.0. The number of benzene rings is 1. The number of pyridine rings is 1. The molecule has 34 heavy (non-hydrogen) atoms. The number of nitrogens with zero attached hydrogens (tertiary/aromatic N) is 4. The number of hydrogen-bond donors (Lipinski definition) is 3. The molecule has 1 aliphatic heterocycles. The third kappa shape index (κ3) is 4.76. The van der Waals surface area contributed by atoms with Gasteiger partial charge in [-0.3, -0.25) is 0 Å². The van der Waals surface area contributed by atoms with Crippen LogP contribution in [0.15, 0.2) is 48.7 Å². The van der Waals surface area contributed by atoms with Crippen LogP contribution >= 0.6 is 0 Å². The highest BCUT2D eigenvalue weighted by Gasteiger charge is 2.29. The van der Waals surface area contributed by atoms with Gasteiger partial charge in [0.15, 0.2) is 0 Å². The van der Waals surface area contributed by atoms with Crippen molar-refractivity contribution in [3.05, 3.63) is 59.8 Å². The highest BCUT2D eigenvalue weighted by atomic mass is 16.3. The predicted octanol–water partition coefficient (Wildman–Crippen LogP) is 4.53. The molecule has 7 nitrogen and oxygen atoms in total. The summed E-state index contributed by atoms with van der Waals surface area (Å²) in [6.45, 7) is 4.48. The van der Waals surface area contributed by atoms with Crippen LogP contribution in [0.3, 0.4) is 0 Å². The van der Waals surface area contributed by atoms with Gasteiger partial charge in [-0.15, -0.1) is 0 Å². The first-order chi connectivity index (χ1) is 16.4. The van der Waals surface area contributed by atoms with Crippen molar-refractivity contribution < 1.29 is 5.11 Å². The van der Waals surface area contributed by atoms with Crippen molar-refractivity contribution >= 4 is 17.6 Å². The summed E-state index contributed by atoms with van der Waals surface area (Å²) >= 11 is 0. The lowest BCUT2D eigenvalue weighted by atomic mass is 9.90. The van der Waals surface area contributed by atoms with E-state index in [4.69, 9.17) is 15.7 Å². The second kappa shape index (κ2) is 9.31. The van der Waals surface area contributed by atoms with E-state index >= 15 is 0 Å². The Kier molecular flexibility index (Phi) is 6.23. The molecular formula is C27H34N6O. The lowest BCUT2D eigenvalue weighted by molar-refractivity contribution is 0.0788. The van der Waals surface area contributed by atoms with Crippen molar-refractivity contribution in [1.29, 1.82) is 0 Å². The number of anilines is 3. The van der Waals surface area contributed by atoms with E-state index in [0.29, 0.717) is 18.0 Å². The fourth-order valence-corrected chi connectivity index (χ4v) is 5.02. The lowest BCUT2D eigenvalue weighted by Crippen LogP contribution is -2.33. The molecule has 0 atom stereocenters.